The predicted octanol–water partition coefficient (Wildman–Crippen LogP) is 2.77. The van der Waals surface area contributed by atoms with Crippen LogP contribution in [0.5, 0.6) is 5.75 Å². The molecule has 0 saturated heterocycles. The average molecular weight is 232 g/mol. The molecule has 2 rings (SSSR count). The van der Waals surface area contributed by atoms with Gasteiger partial charge in [-0.3, -0.25) is 0 Å². The quantitative estimate of drug-likeness (QED) is 0.850. The van der Waals surface area contributed by atoms with Gasteiger partial charge in [0.15, 0.2) is 0 Å². The molecule has 17 heavy (non-hydrogen) atoms. The fraction of sp³-hybridized carbons (Fsp3) is 0.429. The Morgan fingerprint density at radius 2 is 2.12 bits per heavy atom. The van der Waals surface area contributed by atoms with Crippen LogP contribution in [0.2, 0.25) is 0 Å². The maximum absolute atomic E-state index is 5.34. The van der Waals surface area contributed by atoms with Crippen molar-refractivity contribution < 1.29 is 4.74 Å². The van der Waals surface area contributed by atoms with Crippen LogP contribution in [0.4, 0.5) is 0 Å². The Kier molecular flexibility index (Phi) is 3.38. The molecular formula is C14H20N2O. The van der Waals surface area contributed by atoms with Gasteiger partial charge in [0.25, 0.3) is 0 Å². The predicted molar refractivity (Wildman–Crippen MR) is 71.7 cm³/mol. The van der Waals surface area contributed by atoms with Crippen molar-refractivity contribution in [1.82, 2.24) is 10.3 Å². The molecule has 0 amide bonds. The van der Waals surface area contributed by atoms with E-state index < -0.39 is 0 Å². The van der Waals surface area contributed by atoms with Crippen LogP contribution < -0.4 is 10.1 Å². The molecule has 1 aromatic heterocycles. The monoisotopic (exact) mass is 232 g/mol. The molecule has 3 nitrogen and oxygen atoms in total. The molecule has 0 atom stereocenters. The summed E-state index contributed by atoms with van der Waals surface area (Å²) >= 11 is 0. The second kappa shape index (κ2) is 4.80. The highest BCUT2D eigenvalue weighted by molar-refractivity contribution is 5.88. The molecule has 1 heterocycles. The van der Waals surface area contributed by atoms with Crippen LogP contribution in [-0.4, -0.2) is 19.1 Å². The van der Waals surface area contributed by atoms with Crippen molar-refractivity contribution in [3.05, 3.63) is 29.0 Å². The minimum Gasteiger partial charge on any atom is -0.497 e. The number of aromatic amines is 1. The molecule has 0 fully saturated rings. The first kappa shape index (κ1) is 12.0. The first-order valence-corrected chi connectivity index (χ1v) is 6.03. The van der Waals surface area contributed by atoms with Crippen LogP contribution in [0.1, 0.15) is 23.7 Å². The first-order chi connectivity index (χ1) is 8.21. The lowest BCUT2D eigenvalue weighted by molar-refractivity contribution is 0.415. The minimum absolute atomic E-state index is 0.875. The maximum atomic E-state index is 5.34. The molecule has 0 saturated carbocycles. The average Bonchev–Trinajstić information content (AvgIpc) is 2.67. The molecule has 1 aromatic carbocycles. The molecule has 92 valence electrons. The van der Waals surface area contributed by atoms with Crippen LogP contribution in [0.3, 0.4) is 0 Å². The SMILES string of the molecule is CCc1c(CNC)[nH]c2c(C)cc(OC)cc12. The van der Waals surface area contributed by atoms with Crippen molar-refractivity contribution >= 4 is 10.9 Å². The second-order valence-corrected chi connectivity index (χ2v) is 4.33. The Morgan fingerprint density at radius 3 is 2.71 bits per heavy atom. The van der Waals surface area contributed by atoms with E-state index in [-0.39, 0.29) is 0 Å². The zero-order valence-electron chi connectivity index (χ0n) is 11.0. The highest BCUT2D eigenvalue weighted by atomic mass is 16.5. The number of rotatable bonds is 4. The maximum Gasteiger partial charge on any atom is 0.119 e. The molecule has 0 aliphatic heterocycles. The normalized spacial score (nSPS) is 11.1. The largest absolute Gasteiger partial charge is 0.497 e. The summed E-state index contributed by atoms with van der Waals surface area (Å²) in [6.07, 6.45) is 1.03. The zero-order chi connectivity index (χ0) is 12.4. The van der Waals surface area contributed by atoms with E-state index in [4.69, 9.17) is 4.74 Å². The zero-order valence-corrected chi connectivity index (χ0v) is 11.0. The Labute approximate surface area is 102 Å². The molecule has 3 heteroatoms. The van der Waals surface area contributed by atoms with Gasteiger partial charge < -0.3 is 15.0 Å². The lowest BCUT2D eigenvalue weighted by Gasteiger charge is -2.04. The third kappa shape index (κ3) is 2.03. The van der Waals surface area contributed by atoms with E-state index in [0.29, 0.717) is 0 Å². The molecule has 2 N–H and O–H groups in total. The fourth-order valence-electron chi connectivity index (χ4n) is 2.40. The van der Waals surface area contributed by atoms with E-state index >= 15 is 0 Å². The number of H-pyrrole nitrogens is 1. The molecule has 0 bridgehead atoms. The summed E-state index contributed by atoms with van der Waals surface area (Å²) in [6.45, 7) is 5.18. The fourth-order valence-corrected chi connectivity index (χ4v) is 2.40. The molecule has 0 radical (unpaired) electrons. The van der Waals surface area contributed by atoms with E-state index in [1.54, 1.807) is 7.11 Å². The van der Waals surface area contributed by atoms with E-state index in [1.165, 1.54) is 27.7 Å². The van der Waals surface area contributed by atoms with Crippen molar-refractivity contribution in [1.29, 1.82) is 0 Å². The Balaban J connectivity index is 2.68. The Hall–Kier alpha value is -1.48. The highest BCUT2D eigenvalue weighted by Gasteiger charge is 2.12. The van der Waals surface area contributed by atoms with Gasteiger partial charge in [-0.2, -0.15) is 0 Å². The van der Waals surface area contributed by atoms with Gasteiger partial charge in [0, 0.05) is 23.1 Å². The van der Waals surface area contributed by atoms with Crippen molar-refractivity contribution in [3.63, 3.8) is 0 Å². The van der Waals surface area contributed by atoms with Gasteiger partial charge in [0.05, 0.1) is 7.11 Å². The van der Waals surface area contributed by atoms with Crippen LogP contribution in [0.25, 0.3) is 10.9 Å². The number of methoxy groups -OCH3 is 1. The van der Waals surface area contributed by atoms with E-state index in [0.717, 1.165) is 18.7 Å². The van der Waals surface area contributed by atoms with Gasteiger partial charge in [-0.15, -0.1) is 0 Å². The van der Waals surface area contributed by atoms with Gasteiger partial charge in [-0.05, 0) is 43.7 Å². The first-order valence-electron chi connectivity index (χ1n) is 6.03. The van der Waals surface area contributed by atoms with Crippen molar-refractivity contribution in [2.75, 3.05) is 14.2 Å². The number of aromatic nitrogens is 1. The van der Waals surface area contributed by atoms with E-state index in [9.17, 15) is 0 Å². The number of aryl methyl sites for hydroxylation is 2. The standard InChI is InChI=1S/C14H20N2O/c1-5-11-12-7-10(17-4)6-9(2)14(12)16-13(11)8-15-3/h6-7,15-16H,5,8H2,1-4H3. The number of fused-ring (bicyclic) bond motifs is 1. The van der Waals surface area contributed by atoms with Gasteiger partial charge in [0.1, 0.15) is 5.75 Å². The summed E-state index contributed by atoms with van der Waals surface area (Å²) in [5.41, 5.74) is 5.13. The summed E-state index contributed by atoms with van der Waals surface area (Å²) in [5.74, 6) is 0.930. The minimum atomic E-state index is 0.875. The highest BCUT2D eigenvalue weighted by Crippen LogP contribution is 2.29. The number of hydrogen-bond acceptors (Lipinski definition) is 2. The van der Waals surface area contributed by atoms with Gasteiger partial charge in [-0.25, -0.2) is 0 Å². The molecule has 2 aromatic rings. The van der Waals surface area contributed by atoms with Crippen LogP contribution >= 0.6 is 0 Å². The summed E-state index contributed by atoms with van der Waals surface area (Å²) < 4.78 is 5.34. The van der Waals surface area contributed by atoms with Gasteiger partial charge >= 0.3 is 0 Å². The topological polar surface area (TPSA) is 37.0 Å². The number of benzene rings is 1. The van der Waals surface area contributed by atoms with Crippen molar-refractivity contribution in [2.45, 2.75) is 26.8 Å². The van der Waals surface area contributed by atoms with Crippen LogP contribution in [0.15, 0.2) is 12.1 Å². The van der Waals surface area contributed by atoms with Crippen LogP contribution in [-0.2, 0) is 13.0 Å². The summed E-state index contributed by atoms with van der Waals surface area (Å²) in [7, 11) is 3.69. The van der Waals surface area contributed by atoms with Crippen molar-refractivity contribution in [2.24, 2.45) is 0 Å². The van der Waals surface area contributed by atoms with E-state index in [1.807, 2.05) is 7.05 Å². The third-order valence-electron chi connectivity index (χ3n) is 3.22. The smallest absolute Gasteiger partial charge is 0.119 e. The second-order valence-electron chi connectivity index (χ2n) is 4.33. The lowest BCUT2D eigenvalue weighted by Crippen LogP contribution is -2.07. The molecule has 0 unspecified atom stereocenters. The summed E-state index contributed by atoms with van der Waals surface area (Å²) in [4.78, 5) is 3.52. The molecule has 0 spiro atoms. The molecule has 0 aliphatic carbocycles. The van der Waals surface area contributed by atoms with Gasteiger partial charge in [-0.1, -0.05) is 6.92 Å². The lowest BCUT2D eigenvalue weighted by atomic mass is 10.1. The number of ether oxygens (including phenoxy) is 1. The van der Waals surface area contributed by atoms with Gasteiger partial charge in [0.2, 0.25) is 0 Å². The third-order valence-corrected chi connectivity index (χ3v) is 3.22. The van der Waals surface area contributed by atoms with Crippen molar-refractivity contribution in [3.8, 4) is 5.75 Å². The number of nitrogens with one attached hydrogen (secondary N) is 2. The summed E-state index contributed by atoms with van der Waals surface area (Å²) in [6, 6.07) is 4.19. The Bertz CT molecular complexity index is 528. The molecule has 0 aliphatic rings. The van der Waals surface area contributed by atoms with E-state index in [2.05, 4.69) is 36.3 Å². The summed E-state index contributed by atoms with van der Waals surface area (Å²) in [5, 5.41) is 4.49. The molecular weight excluding hydrogens is 212 g/mol. The Morgan fingerprint density at radius 1 is 1.35 bits per heavy atom. The van der Waals surface area contributed by atoms with Crippen LogP contribution in [0, 0.1) is 6.92 Å². The number of hydrogen-bond donors (Lipinski definition) is 2.